The molecule has 0 fully saturated rings. The molecule has 0 radical (unpaired) electrons. The van der Waals surface area contributed by atoms with Crippen LogP contribution < -0.4 is 10.6 Å². The van der Waals surface area contributed by atoms with Crippen molar-refractivity contribution in [2.75, 3.05) is 6.54 Å². The monoisotopic (exact) mass is 498 g/mol. The van der Waals surface area contributed by atoms with E-state index < -0.39 is 35.5 Å². The molecule has 0 rings (SSSR count). The highest BCUT2D eigenvalue weighted by atomic mass is 16.6. The molecule has 35 heavy (non-hydrogen) atoms. The van der Waals surface area contributed by atoms with E-state index in [9.17, 15) is 19.5 Å². The minimum Gasteiger partial charge on any atom is -0.459 e. The van der Waals surface area contributed by atoms with E-state index in [0.717, 1.165) is 32.1 Å². The van der Waals surface area contributed by atoms with Crippen molar-refractivity contribution in [3.8, 4) is 0 Å². The van der Waals surface area contributed by atoms with Crippen LogP contribution in [0.1, 0.15) is 137 Å². The molecule has 0 heterocycles. The minimum atomic E-state index is -1.12. The van der Waals surface area contributed by atoms with Gasteiger partial charge in [0.25, 0.3) is 0 Å². The van der Waals surface area contributed by atoms with Crippen LogP contribution in [-0.4, -0.2) is 47.2 Å². The van der Waals surface area contributed by atoms with Crippen LogP contribution in [0.5, 0.6) is 0 Å². The molecule has 7 heteroatoms. The predicted molar refractivity (Wildman–Crippen MR) is 142 cm³/mol. The van der Waals surface area contributed by atoms with Gasteiger partial charge in [-0.3, -0.25) is 14.4 Å². The fourth-order valence-corrected chi connectivity index (χ4v) is 3.91. The van der Waals surface area contributed by atoms with Gasteiger partial charge in [0.15, 0.2) is 0 Å². The molecule has 0 saturated carbocycles. The fraction of sp³-hybridized carbons (Fsp3) is 0.893. The van der Waals surface area contributed by atoms with Crippen LogP contribution in [0.25, 0.3) is 0 Å². The van der Waals surface area contributed by atoms with Crippen LogP contribution in [0.4, 0.5) is 0 Å². The molecule has 0 spiro atoms. The number of rotatable bonds is 21. The molecule has 0 aliphatic heterocycles. The van der Waals surface area contributed by atoms with Crippen LogP contribution in [0.15, 0.2) is 0 Å². The standard InChI is InChI=1S/C28H54N2O5/c1-6-8-10-11-12-13-14-15-16-17-18-19-21-24(31)27(34)30-23(20-9-7-2)26(33)29-22-25(32)35-28(3,4)5/h23-24,31H,6-22H2,1-5H3,(H,29,33)(H,30,34)/t23?,24-/m0/s1. The number of ether oxygens (including phenoxy) is 1. The van der Waals surface area contributed by atoms with Crippen molar-refractivity contribution in [3.63, 3.8) is 0 Å². The Morgan fingerprint density at radius 3 is 1.69 bits per heavy atom. The van der Waals surface area contributed by atoms with Crippen LogP contribution in [0, 0.1) is 0 Å². The number of aliphatic hydroxyl groups excluding tert-OH is 1. The summed E-state index contributed by atoms with van der Waals surface area (Å²) in [7, 11) is 0. The first kappa shape index (κ1) is 33.4. The second-order valence-corrected chi connectivity index (χ2v) is 10.7. The first-order chi connectivity index (χ1) is 16.6. The summed E-state index contributed by atoms with van der Waals surface area (Å²) in [5.74, 6) is -1.49. The summed E-state index contributed by atoms with van der Waals surface area (Å²) in [5.41, 5.74) is -0.629. The first-order valence-electron chi connectivity index (χ1n) is 14.1. The molecule has 1 unspecified atom stereocenters. The van der Waals surface area contributed by atoms with Gasteiger partial charge in [-0.25, -0.2) is 0 Å². The van der Waals surface area contributed by atoms with Gasteiger partial charge in [0.1, 0.15) is 24.3 Å². The number of aliphatic hydroxyl groups is 1. The van der Waals surface area contributed by atoms with Crippen molar-refractivity contribution in [1.82, 2.24) is 10.6 Å². The van der Waals surface area contributed by atoms with Crippen molar-refractivity contribution in [2.45, 2.75) is 155 Å². The lowest BCUT2D eigenvalue weighted by Crippen LogP contribution is -2.50. The van der Waals surface area contributed by atoms with Crippen molar-refractivity contribution >= 4 is 17.8 Å². The normalized spacial score (nSPS) is 13.2. The highest BCUT2D eigenvalue weighted by molar-refractivity contribution is 5.90. The van der Waals surface area contributed by atoms with E-state index in [1.807, 2.05) is 6.92 Å². The highest BCUT2D eigenvalue weighted by Gasteiger charge is 2.25. The third kappa shape index (κ3) is 20.3. The van der Waals surface area contributed by atoms with Gasteiger partial charge >= 0.3 is 5.97 Å². The molecule has 2 atom stereocenters. The number of unbranched alkanes of at least 4 members (excludes halogenated alkanes) is 12. The van der Waals surface area contributed by atoms with Gasteiger partial charge in [0.05, 0.1) is 0 Å². The number of carbonyl (C=O) groups excluding carboxylic acids is 3. The summed E-state index contributed by atoms with van der Waals surface area (Å²) >= 11 is 0. The Kier molecular flexibility index (Phi) is 19.6. The Bertz CT molecular complexity index is 574. The third-order valence-electron chi connectivity index (χ3n) is 5.94. The fourth-order valence-electron chi connectivity index (χ4n) is 3.91. The topological polar surface area (TPSA) is 105 Å². The van der Waals surface area contributed by atoms with E-state index in [-0.39, 0.29) is 6.54 Å². The van der Waals surface area contributed by atoms with Crippen LogP contribution >= 0.6 is 0 Å². The molecular weight excluding hydrogens is 444 g/mol. The highest BCUT2D eigenvalue weighted by Crippen LogP contribution is 2.13. The summed E-state index contributed by atoms with van der Waals surface area (Å²) in [5, 5.41) is 15.5. The molecule has 0 aliphatic rings. The summed E-state index contributed by atoms with van der Waals surface area (Å²) < 4.78 is 5.20. The van der Waals surface area contributed by atoms with E-state index in [2.05, 4.69) is 17.6 Å². The van der Waals surface area contributed by atoms with E-state index in [1.165, 1.54) is 57.8 Å². The second-order valence-electron chi connectivity index (χ2n) is 10.7. The maximum absolute atomic E-state index is 12.5. The Morgan fingerprint density at radius 1 is 0.714 bits per heavy atom. The second kappa shape index (κ2) is 20.6. The Morgan fingerprint density at radius 2 is 1.20 bits per heavy atom. The van der Waals surface area contributed by atoms with E-state index >= 15 is 0 Å². The van der Waals surface area contributed by atoms with Crippen LogP contribution in [0.3, 0.4) is 0 Å². The zero-order valence-corrected chi connectivity index (χ0v) is 23.3. The number of carbonyl (C=O) groups is 3. The van der Waals surface area contributed by atoms with Crippen molar-refractivity contribution in [2.24, 2.45) is 0 Å². The minimum absolute atomic E-state index is 0.254. The van der Waals surface area contributed by atoms with Gasteiger partial charge < -0.3 is 20.5 Å². The van der Waals surface area contributed by atoms with Gasteiger partial charge in [0.2, 0.25) is 11.8 Å². The van der Waals surface area contributed by atoms with Crippen molar-refractivity contribution in [1.29, 1.82) is 0 Å². The van der Waals surface area contributed by atoms with Gasteiger partial charge in [-0.05, 0) is 33.6 Å². The number of hydrogen-bond donors (Lipinski definition) is 3. The van der Waals surface area contributed by atoms with Gasteiger partial charge in [-0.15, -0.1) is 0 Å². The molecule has 0 aromatic carbocycles. The quantitative estimate of drug-likeness (QED) is 0.142. The molecule has 7 nitrogen and oxygen atoms in total. The third-order valence-corrected chi connectivity index (χ3v) is 5.94. The van der Waals surface area contributed by atoms with Crippen molar-refractivity contribution < 1.29 is 24.2 Å². The summed E-state index contributed by atoms with van der Waals surface area (Å²) in [6.07, 6.45) is 16.0. The van der Waals surface area contributed by atoms with E-state index in [1.54, 1.807) is 20.8 Å². The zero-order chi connectivity index (χ0) is 26.5. The van der Waals surface area contributed by atoms with Gasteiger partial charge in [0, 0.05) is 0 Å². The van der Waals surface area contributed by atoms with E-state index in [4.69, 9.17) is 4.74 Å². The maximum Gasteiger partial charge on any atom is 0.325 e. The first-order valence-corrected chi connectivity index (χ1v) is 14.1. The lowest BCUT2D eigenvalue weighted by Gasteiger charge is -2.22. The van der Waals surface area contributed by atoms with Crippen molar-refractivity contribution in [3.05, 3.63) is 0 Å². The molecule has 2 amide bonds. The summed E-state index contributed by atoms with van der Waals surface area (Å²) in [6.45, 7) is 9.26. The number of hydrogen-bond acceptors (Lipinski definition) is 5. The molecule has 0 saturated heterocycles. The Labute approximate surface area is 214 Å². The molecule has 0 bridgehead atoms. The summed E-state index contributed by atoms with van der Waals surface area (Å²) in [4.78, 5) is 36.8. The lowest BCUT2D eigenvalue weighted by atomic mass is 10.0. The number of nitrogens with one attached hydrogen (secondary N) is 2. The Hall–Kier alpha value is -1.63. The van der Waals surface area contributed by atoms with Crippen LogP contribution in [-0.2, 0) is 19.1 Å². The van der Waals surface area contributed by atoms with E-state index in [0.29, 0.717) is 12.8 Å². The van der Waals surface area contributed by atoms with Gasteiger partial charge in [-0.2, -0.15) is 0 Å². The average Bonchev–Trinajstić information content (AvgIpc) is 2.79. The molecule has 0 aromatic heterocycles. The zero-order valence-electron chi connectivity index (χ0n) is 23.3. The number of esters is 1. The van der Waals surface area contributed by atoms with Crippen LogP contribution in [0.2, 0.25) is 0 Å². The number of amides is 2. The molecule has 0 aromatic rings. The molecule has 0 aliphatic carbocycles. The molecule has 206 valence electrons. The molecule has 3 N–H and O–H groups in total. The van der Waals surface area contributed by atoms with Gasteiger partial charge in [-0.1, -0.05) is 104 Å². The summed E-state index contributed by atoms with van der Waals surface area (Å²) in [6, 6.07) is -0.776. The lowest BCUT2D eigenvalue weighted by molar-refractivity contribution is -0.154. The SMILES string of the molecule is CCCCCCCCCCCCCC[C@H](O)C(=O)NC(CCCC)C(=O)NCC(=O)OC(C)(C)C. The Balaban J connectivity index is 4.15. The molecular formula is C28H54N2O5. The largest absolute Gasteiger partial charge is 0.459 e. The average molecular weight is 499 g/mol. The predicted octanol–water partition coefficient (Wildman–Crippen LogP) is 5.57. The smallest absolute Gasteiger partial charge is 0.325 e. The maximum atomic E-state index is 12.5.